The maximum absolute atomic E-state index is 5.48. The maximum Gasteiger partial charge on any atom is 0.133 e. The molecule has 2 heterocycles. The van der Waals surface area contributed by atoms with Crippen LogP contribution >= 0.6 is 15.9 Å². The Balaban J connectivity index is 2.22. The molecule has 1 fully saturated rings. The first-order valence-corrected chi connectivity index (χ1v) is 6.72. The average Bonchev–Trinajstić information content (AvgIpc) is 2.58. The molecular formula is C12H18BrN3O. The van der Waals surface area contributed by atoms with Crippen molar-refractivity contribution in [2.45, 2.75) is 13.0 Å². The van der Waals surface area contributed by atoms with Gasteiger partial charge >= 0.3 is 0 Å². The van der Waals surface area contributed by atoms with E-state index in [9.17, 15) is 0 Å². The second kappa shape index (κ2) is 6.33. The molecule has 0 saturated carbocycles. The number of nitrogens with one attached hydrogen (secondary N) is 1. The van der Waals surface area contributed by atoms with Crippen molar-refractivity contribution in [2.24, 2.45) is 0 Å². The number of hydrogen-bond acceptors (Lipinski definition) is 4. The standard InChI is InChI=1S/C12H18BrN3O/c1-14-8-10-7-11(13)9-15-12(10)16-3-2-5-17-6-4-16/h7,9,14H,2-6,8H2,1H3. The van der Waals surface area contributed by atoms with E-state index in [-0.39, 0.29) is 0 Å². The molecule has 94 valence electrons. The minimum atomic E-state index is 0.788. The summed E-state index contributed by atoms with van der Waals surface area (Å²) >= 11 is 3.47. The first kappa shape index (κ1) is 12.8. The van der Waals surface area contributed by atoms with Crippen LogP contribution in [0, 0.1) is 0 Å². The molecule has 0 unspecified atom stereocenters. The molecule has 1 aliphatic rings. The quantitative estimate of drug-likeness (QED) is 0.923. The first-order valence-electron chi connectivity index (χ1n) is 5.93. The summed E-state index contributed by atoms with van der Waals surface area (Å²) in [7, 11) is 1.95. The van der Waals surface area contributed by atoms with Crippen LogP contribution in [0.25, 0.3) is 0 Å². The molecule has 0 spiro atoms. The zero-order valence-electron chi connectivity index (χ0n) is 10.1. The zero-order chi connectivity index (χ0) is 12.1. The Labute approximate surface area is 110 Å². The molecule has 2 rings (SSSR count). The normalized spacial score (nSPS) is 16.9. The van der Waals surface area contributed by atoms with Gasteiger partial charge in [-0.25, -0.2) is 4.98 Å². The molecule has 0 atom stereocenters. The summed E-state index contributed by atoms with van der Waals surface area (Å²) in [4.78, 5) is 6.86. The van der Waals surface area contributed by atoms with Crippen LogP contribution in [-0.4, -0.2) is 38.3 Å². The van der Waals surface area contributed by atoms with E-state index in [2.05, 4.69) is 37.2 Å². The molecule has 0 bridgehead atoms. The van der Waals surface area contributed by atoms with Gasteiger partial charge in [-0.15, -0.1) is 0 Å². The summed E-state index contributed by atoms with van der Waals surface area (Å²) in [5.74, 6) is 1.08. The lowest BCUT2D eigenvalue weighted by Gasteiger charge is -2.23. The minimum absolute atomic E-state index is 0.788. The highest BCUT2D eigenvalue weighted by Gasteiger charge is 2.15. The van der Waals surface area contributed by atoms with Crippen molar-refractivity contribution in [1.29, 1.82) is 0 Å². The highest BCUT2D eigenvalue weighted by Crippen LogP contribution is 2.22. The number of aromatic nitrogens is 1. The van der Waals surface area contributed by atoms with Crippen LogP contribution in [-0.2, 0) is 11.3 Å². The number of hydrogen-bond donors (Lipinski definition) is 1. The van der Waals surface area contributed by atoms with Crippen LogP contribution < -0.4 is 10.2 Å². The molecule has 1 saturated heterocycles. The Bertz CT molecular complexity index is 365. The molecule has 17 heavy (non-hydrogen) atoms. The Kier molecular flexibility index (Phi) is 4.76. The molecule has 1 aliphatic heterocycles. The summed E-state index contributed by atoms with van der Waals surface area (Å²) in [5.41, 5.74) is 1.23. The van der Waals surface area contributed by atoms with E-state index in [1.165, 1.54) is 5.56 Å². The molecule has 0 aliphatic carbocycles. The van der Waals surface area contributed by atoms with E-state index in [0.29, 0.717) is 0 Å². The van der Waals surface area contributed by atoms with Crippen LogP contribution in [0.2, 0.25) is 0 Å². The predicted octanol–water partition coefficient (Wildman–Crippen LogP) is 1.79. The Morgan fingerprint density at radius 1 is 1.47 bits per heavy atom. The second-order valence-corrected chi connectivity index (χ2v) is 5.04. The summed E-state index contributed by atoms with van der Waals surface area (Å²) in [5, 5.41) is 3.19. The van der Waals surface area contributed by atoms with E-state index in [1.54, 1.807) is 0 Å². The third-order valence-electron chi connectivity index (χ3n) is 2.80. The third kappa shape index (κ3) is 3.40. The van der Waals surface area contributed by atoms with Gasteiger partial charge in [-0.2, -0.15) is 0 Å². The summed E-state index contributed by atoms with van der Waals surface area (Å²) < 4.78 is 6.50. The highest BCUT2D eigenvalue weighted by atomic mass is 79.9. The van der Waals surface area contributed by atoms with Gasteiger partial charge in [-0.05, 0) is 35.5 Å². The zero-order valence-corrected chi connectivity index (χ0v) is 11.7. The van der Waals surface area contributed by atoms with Gasteiger partial charge in [0.25, 0.3) is 0 Å². The fourth-order valence-electron chi connectivity index (χ4n) is 2.04. The second-order valence-electron chi connectivity index (χ2n) is 4.12. The van der Waals surface area contributed by atoms with E-state index in [1.807, 2.05) is 13.2 Å². The SMILES string of the molecule is CNCc1cc(Br)cnc1N1CCCOCC1. The molecule has 1 aromatic heterocycles. The van der Waals surface area contributed by atoms with E-state index >= 15 is 0 Å². The summed E-state index contributed by atoms with van der Waals surface area (Å²) in [6.45, 7) is 4.42. The maximum atomic E-state index is 5.48. The fraction of sp³-hybridized carbons (Fsp3) is 0.583. The van der Waals surface area contributed by atoms with Gasteiger partial charge in [-0.3, -0.25) is 0 Å². The van der Waals surface area contributed by atoms with Gasteiger partial charge in [0.05, 0.1) is 6.61 Å². The largest absolute Gasteiger partial charge is 0.380 e. The van der Waals surface area contributed by atoms with E-state index in [0.717, 1.165) is 49.6 Å². The van der Waals surface area contributed by atoms with E-state index < -0.39 is 0 Å². The highest BCUT2D eigenvalue weighted by molar-refractivity contribution is 9.10. The monoisotopic (exact) mass is 299 g/mol. The van der Waals surface area contributed by atoms with Gasteiger partial charge in [0.1, 0.15) is 5.82 Å². The van der Waals surface area contributed by atoms with Crippen LogP contribution in [0.5, 0.6) is 0 Å². The van der Waals surface area contributed by atoms with Crippen molar-refractivity contribution < 1.29 is 4.74 Å². The predicted molar refractivity (Wildman–Crippen MR) is 72.3 cm³/mol. The third-order valence-corrected chi connectivity index (χ3v) is 3.23. The Hall–Kier alpha value is -0.650. The van der Waals surface area contributed by atoms with E-state index in [4.69, 9.17) is 4.74 Å². The summed E-state index contributed by atoms with van der Waals surface area (Å²) in [6, 6.07) is 2.13. The van der Waals surface area contributed by atoms with Crippen molar-refractivity contribution in [1.82, 2.24) is 10.3 Å². The number of rotatable bonds is 3. The number of anilines is 1. The Morgan fingerprint density at radius 2 is 2.35 bits per heavy atom. The van der Waals surface area contributed by atoms with Crippen molar-refractivity contribution in [3.63, 3.8) is 0 Å². The molecule has 0 aromatic carbocycles. The lowest BCUT2D eigenvalue weighted by atomic mass is 10.2. The Morgan fingerprint density at radius 3 is 3.18 bits per heavy atom. The van der Waals surface area contributed by atoms with Crippen LogP contribution in [0.3, 0.4) is 0 Å². The fourth-order valence-corrected chi connectivity index (χ4v) is 2.42. The molecular weight excluding hydrogens is 282 g/mol. The van der Waals surface area contributed by atoms with Crippen LogP contribution in [0.1, 0.15) is 12.0 Å². The van der Waals surface area contributed by atoms with Crippen LogP contribution in [0.4, 0.5) is 5.82 Å². The number of nitrogens with zero attached hydrogens (tertiary/aromatic N) is 2. The molecule has 4 nitrogen and oxygen atoms in total. The van der Waals surface area contributed by atoms with Crippen molar-refractivity contribution in [3.05, 3.63) is 22.3 Å². The molecule has 0 amide bonds. The first-order chi connectivity index (χ1) is 8.31. The van der Waals surface area contributed by atoms with Gasteiger partial charge in [0.2, 0.25) is 0 Å². The van der Waals surface area contributed by atoms with Gasteiger partial charge in [-0.1, -0.05) is 0 Å². The van der Waals surface area contributed by atoms with Crippen LogP contribution in [0.15, 0.2) is 16.7 Å². The van der Waals surface area contributed by atoms with Gasteiger partial charge < -0.3 is 15.0 Å². The number of halogens is 1. The van der Waals surface area contributed by atoms with Crippen molar-refractivity contribution in [2.75, 3.05) is 38.3 Å². The van der Waals surface area contributed by atoms with Crippen molar-refractivity contribution in [3.8, 4) is 0 Å². The minimum Gasteiger partial charge on any atom is -0.380 e. The van der Waals surface area contributed by atoms with Gasteiger partial charge in [0, 0.05) is 42.5 Å². The molecule has 5 heteroatoms. The molecule has 1 aromatic rings. The van der Waals surface area contributed by atoms with Crippen molar-refractivity contribution >= 4 is 21.7 Å². The lowest BCUT2D eigenvalue weighted by Crippen LogP contribution is -2.28. The topological polar surface area (TPSA) is 37.4 Å². The summed E-state index contributed by atoms with van der Waals surface area (Å²) in [6.07, 6.45) is 2.93. The molecule has 1 N–H and O–H groups in total. The smallest absolute Gasteiger partial charge is 0.133 e. The molecule has 0 radical (unpaired) electrons. The number of pyridine rings is 1. The average molecular weight is 300 g/mol. The number of ether oxygens (including phenoxy) is 1. The van der Waals surface area contributed by atoms with Gasteiger partial charge in [0.15, 0.2) is 0 Å². The lowest BCUT2D eigenvalue weighted by molar-refractivity contribution is 0.152.